The van der Waals surface area contributed by atoms with E-state index in [2.05, 4.69) is 94.5 Å². The lowest BCUT2D eigenvalue weighted by atomic mass is 9.98. The maximum Gasteiger partial charge on any atom is 0.158 e. The molecule has 0 saturated carbocycles. The van der Waals surface area contributed by atoms with E-state index in [1.807, 2.05) is 71.9 Å². The Kier molecular flexibility index (Phi) is 20.6. The van der Waals surface area contributed by atoms with Crippen molar-refractivity contribution in [3.63, 3.8) is 0 Å². The average molecular weight is 601 g/mol. The van der Waals surface area contributed by atoms with Crippen LogP contribution in [0, 0.1) is 0 Å². The Hall–Kier alpha value is -3.27. The normalized spacial score (nSPS) is 15.8. The van der Waals surface area contributed by atoms with Gasteiger partial charge >= 0.3 is 0 Å². The molecule has 44 heavy (non-hydrogen) atoms. The SMILES string of the molecule is COC(C)(C)CCC(=O)C(C)=CC=CC(C)=CC=CC(C)=CC=CC=C(C)C=CC=C(C)C=CC=C(C)CCCC(C)(C)O. The third-order valence-corrected chi connectivity index (χ3v) is 7.02. The Balaban J connectivity index is 4.77. The molecule has 0 radical (unpaired) electrons. The Morgan fingerprint density at radius 1 is 0.591 bits per heavy atom. The van der Waals surface area contributed by atoms with Crippen molar-refractivity contribution in [1.29, 1.82) is 0 Å². The predicted molar refractivity (Wildman–Crippen MR) is 194 cm³/mol. The zero-order valence-electron chi connectivity index (χ0n) is 29.5. The van der Waals surface area contributed by atoms with Crippen molar-refractivity contribution in [2.24, 2.45) is 0 Å². The fourth-order valence-electron chi connectivity index (χ4n) is 3.74. The number of methoxy groups -OCH3 is 1. The van der Waals surface area contributed by atoms with E-state index < -0.39 is 5.60 Å². The minimum Gasteiger partial charge on any atom is -0.390 e. The van der Waals surface area contributed by atoms with E-state index in [0.717, 1.165) is 36.0 Å². The zero-order valence-corrected chi connectivity index (χ0v) is 29.5. The van der Waals surface area contributed by atoms with E-state index >= 15 is 0 Å². The van der Waals surface area contributed by atoms with Crippen molar-refractivity contribution in [2.45, 2.75) is 113 Å². The number of ketones is 1. The monoisotopic (exact) mass is 600 g/mol. The molecule has 242 valence electrons. The first-order valence-electron chi connectivity index (χ1n) is 15.8. The van der Waals surface area contributed by atoms with Gasteiger partial charge in [0.25, 0.3) is 0 Å². The van der Waals surface area contributed by atoms with Gasteiger partial charge in [-0.1, -0.05) is 125 Å². The summed E-state index contributed by atoms with van der Waals surface area (Å²) in [6.07, 6.45) is 36.9. The van der Waals surface area contributed by atoms with Gasteiger partial charge in [0.2, 0.25) is 0 Å². The molecular weight excluding hydrogens is 540 g/mol. The molecule has 3 nitrogen and oxygen atoms in total. The summed E-state index contributed by atoms with van der Waals surface area (Å²) in [6.45, 7) is 20.0. The van der Waals surface area contributed by atoms with Crippen LogP contribution in [0.4, 0.5) is 0 Å². The van der Waals surface area contributed by atoms with Crippen molar-refractivity contribution in [3.8, 4) is 0 Å². The Morgan fingerprint density at radius 2 is 1.00 bits per heavy atom. The van der Waals surface area contributed by atoms with E-state index in [0.29, 0.717) is 12.8 Å². The number of aliphatic hydroxyl groups is 1. The van der Waals surface area contributed by atoms with Gasteiger partial charge in [0.15, 0.2) is 5.78 Å². The second-order valence-electron chi connectivity index (χ2n) is 12.9. The molecular formula is C41H60O3. The van der Waals surface area contributed by atoms with Crippen molar-refractivity contribution >= 4 is 5.78 Å². The molecule has 0 atom stereocenters. The molecule has 0 spiro atoms. The van der Waals surface area contributed by atoms with Gasteiger partial charge in [-0.3, -0.25) is 4.79 Å². The highest BCUT2D eigenvalue weighted by Gasteiger charge is 2.18. The topological polar surface area (TPSA) is 46.5 Å². The summed E-state index contributed by atoms with van der Waals surface area (Å²) in [6, 6.07) is 0. The van der Waals surface area contributed by atoms with Crippen LogP contribution in [0.25, 0.3) is 0 Å². The van der Waals surface area contributed by atoms with Gasteiger partial charge in [-0.25, -0.2) is 0 Å². The summed E-state index contributed by atoms with van der Waals surface area (Å²) < 4.78 is 5.40. The maximum absolute atomic E-state index is 12.3. The molecule has 3 heteroatoms. The predicted octanol–water partition coefficient (Wildman–Crippen LogP) is 11.2. The average Bonchev–Trinajstić information content (AvgIpc) is 2.93. The van der Waals surface area contributed by atoms with Crippen molar-refractivity contribution in [3.05, 3.63) is 131 Å². The van der Waals surface area contributed by atoms with Crippen LogP contribution >= 0.6 is 0 Å². The van der Waals surface area contributed by atoms with Gasteiger partial charge in [-0.15, -0.1) is 0 Å². The highest BCUT2D eigenvalue weighted by Crippen LogP contribution is 2.17. The molecule has 0 bridgehead atoms. The molecule has 0 saturated heterocycles. The summed E-state index contributed by atoms with van der Waals surface area (Å²) >= 11 is 0. The summed E-state index contributed by atoms with van der Waals surface area (Å²) in [5.74, 6) is 0.154. The minimum absolute atomic E-state index is 0.154. The van der Waals surface area contributed by atoms with Gasteiger partial charge in [0, 0.05) is 13.5 Å². The van der Waals surface area contributed by atoms with E-state index in [1.54, 1.807) is 7.11 Å². The Morgan fingerprint density at radius 3 is 1.43 bits per heavy atom. The zero-order chi connectivity index (χ0) is 33.6. The van der Waals surface area contributed by atoms with Crippen LogP contribution in [0.1, 0.15) is 101 Å². The maximum atomic E-state index is 12.3. The summed E-state index contributed by atoms with van der Waals surface area (Å²) in [5, 5.41) is 9.82. The molecule has 0 unspecified atom stereocenters. The molecule has 1 N–H and O–H groups in total. The molecule has 0 heterocycles. The molecule has 0 aromatic rings. The molecule has 0 rings (SSSR count). The van der Waals surface area contributed by atoms with Crippen LogP contribution in [-0.2, 0) is 9.53 Å². The standard InChI is InChI=1S/C41H60O3/c1-33(21-14-23-35(3)24-16-26-37(5)28-18-31-40(7,8)43)19-12-13-20-34(2)22-15-25-36(4)27-17-29-38(6)39(42)30-32-41(9,10)44-11/h12-17,19-27,29,43H,18,28,30-32H2,1-11H3. The molecule has 0 aromatic carbocycles. The quantitative estimate of drug-likeness (QED) is 0.118. The largest absolute Gasteiger partial charge is 0.390 e. The van der Waals surface area contributed by atoms with E-state index in [4.69, 9.17) is 4.74 Å². The first-order valence-corrected chi connectivity index (χ1v) is 15.8. The first kappa shape index (κ1) is 40.7. The fraction of sp³-hybridized carbons (Fsp3) is 0.439. The summed E-state index contributed by atoms with van der Waals surface area (Å²) in [4.78, 5) is 12.3. The molecule has 0 aliphatic heterocycles. The highest BCUT2D eigenvalue weighted by molar-refractivity contribution is 5.95. The van der Waals surface area contributed by atoms with Gasteiger partial charge < -0.3 is 9.84 Å². The van der Waals surface area contributed by atoms with Gasteiger partial charge in [0.1, 0.15) is 0 Å². The van der Waals surface area contributed by atoms with Gasteiger partial charge in [0.05, 0.1) is 11.2 Å². The second kappa shape index (κ2) is 22.3. The van der Waals surface area contributed by atoms with Crippen molar-refractivity contribution in [1.82, 2.24) is 0 Å². The molecule has 0 aromatic heterocycles. The Labute approximate surface area is 270 Å². The molecule has 0 aliphatic rings. The highest BCUT2D eigenvalue weighted by atomic mass is 16.5. The van der Waals surface area contributed by atoms with Crippen LogP contribution in [0.2, 0.25) is 0 Å². The second-order valence-corrected chi connectivity index (χ2v) is 12.9. The third kappa shape index (κ3) is 24.2. The van der Waals surface area contributed by atoms with E-state index in [9.17, 15) is 9.90 Å². The van der Waals surface area contributed by atoms with Crippen LogP contribution in [0.15, 0.2) is 131 Å². The molecule has 0 amide bonds. The van der Waals surface area contributed by atoms with Crippen molar-refractivity contribution < 1.29 is 14.6 Å². The van der Waals surface area contributed by atoms with Gasteiger partial charge in [-0.2, -0.15) is 0 Å². The summed E-state index contributed by atoms with van der Waals surface area (Å²) in [5.41, 5.74) is 5.85. The Bertz CT molecular complexity index is 1220. The van der Waals surface area contributed by atoms with Crippen LogP contribution in [-0.4, -0.2) is 29.2 Å². The van der Waals surface area contributed by atoms with E-state index in [1.165, 1.54) is 16.7 Å². The molecule has 0 aliphatic carbocycles. The lowest BCUT2D eigenvalue weighted by Crippen LogP contribution is -2.23. The first-order chi connectivity index (χ1) is 20.5. The molecule has 0 fully saturated rings. The number of Topliss-reactive ketones (excluding diaryl/α,β-unsaturated/α-hetero) is 1. The number of carbonyl (C=O) groups is 1. The fourth-order valence-corrected chi connectivity index (χ4v) is 3.74. The number of rotatable bonds is 19. The van der Waals surface area contributed by atoms with E-state index in [-0.39, 0.29) is 11.4 Å². The summed E-state index contributed by atoms with van der Waals surface area (Å²) in [7, 11) is 1.68. The van der Waals surface area contributed by atoms with Crippen molar-refractivity contribution in [2.75, 3.05) is 7.11 Å². The number of hydrogen-bond donors (Lipinski definition) is 1. The van der Waals surface area contributed by atoms with Crippen LogP contribution in [0.5, 0.6) is 0 Å². The smallest absolute Gasteiger partial charge is 0.158 e. The van der Waals surface area contributed by atoms with Crippen LogP contribution < -0.4 is 0 Å². The number of hydrogen-bond acceptors (Lipinski definition) is 3. The number of ether oxygens (including phenoxy) is 1. The number of carbonyl (C=O) groups excluding carboxylic acids is 1. The van der Waals surface area contributed by atoms with Gasteiger partial charge in [-0.05, 0) is 100 Å². The number of allylic oxidation sites excluding steroid dienone is 22. The minimum atomic E-state index is -0.584. The lowest BCUT2D eigenvalue weighted by molar-refractivity contribution is -0.116. The lowest BCUT2D eigenvalue weighted by Gasteiger charge is -2.22. The third-order valence-electron chi connectivity index (χ3n) is 7.02. The van der Waals surface area contributed by atoms with Crippen LogP contribution in [0.3, 0.4) is 0 Å².